The maximum absolute atomic E-state index is 4.60. The maximum Gasteiger partial charge on any atom is 0.206 e. The summed E-state index contributed by atoms with van der Waals surface area (Å²) in [5.41, 5.74) is 2.83. The van der Waals surface area contributed by atoms with E-state index in [9.17, 15) is 0 Å². The summed E-state index contributed by atoms with van der Waals surface area (Å²) in [5, 5.41) is 6.65. The molecule has 2 heterocycles. The molecule has 0 radical (unpaired) electrons. The Balaban J connectivity index is 2.11. The molecule has 0 spiro atoms. The Kier molecular flexibility index (Phi) is 5.51. The zero-order chi connectivity index (χ0) is 16.8. The van der Waals surface area contributed by atoms with Crippen molar-refractivity contribution in [3.63, 3.8) is 0 Å². The van der Waals surface area contributed by atoms with E-state index in [-0.39, 0.29) is 0 Å². The molecule has 1 aromatic carbocycles. The van der Waals surface area contributed by atoms with Gasteiger partial charge >= 0.3 is 0 Å². The summed E-state index contributed by atoms with van der Waals surface area (Å²) in [4.78, 5) is 9.61. The van der Waals surface area contributed by atoms with Crippen LogP contribution in [0.3, 0.4) is 0 Å². The number of hydrogen-bond donors (Lipinski definition) is 0. The van der Waals surface area contributed by atoms with E-state index in [4.69, 9.17) is 0 Å². The van der Waals surface area contributed by atoms with E-state index < -0.39 is 0 Å². The van der Waals surface area contributed by atoms with Crippen molar-refractivity contribution in [3.05, 3.63) is 81.7 Å². The van der Waals surface area contributed by atoms with Gasteiger partial charge in [-0.1, -0.05) is 46.3 Å². The Hall–Kier alpha value is -2.31. The standard InChI is InChI=1S/C18H15BrN4S/c1-2-10-21-18-23(22-12-14-7-5-6-11-20-14)17(13-24-18)15-8-3-4-9-16(15)19/h2-9,11-13H,1,10H2/b21-18?,22-12+. The minimum absolute atomic E-state index is 0.551. The highest BCUT2D eigenvalue weighted by molar-refractivity contribution is 9.10. The number of thiazole rings is 1. The number of aromatic nitrogens is 2. The van der Waals surface area contributed by atoms with Gasteiger partial charge in [0.15, 0.2) is 0 Å². The molecule has 24 heavy (non-hydrogen) atoms. The molecule has 3 aromatic rings. The first kappa shape index (κ1) is 16.5. The van der Waals surface area contributed by atoms with Gasteiger partial charge in [0.05, 0.1) is 24.1 Å². The van der Waals surface area contributed by atoms with Crippen LogP contribution in [0.15, 0.2) is 81.3 Å². The van der Waals surface area contributed by atoms with Gasteiger partial charge in [-0.25, -0.2) is 4.68 Å². The molecule has 2 aromatic heterocycles. The van der Waals surface area contributed by atoms with Gasteiger partial charge in [0.25, 0.3) is 0 Å². The van der Waals surface area contributed by atoms with Gasteiger partial charge in [0.1, 0.15) is 0 Å². The van der Waals surface area contributed by atoms with Crippen molar-refractivity contribution in [1.82, 2.24) is 9.66 Å². The van der Waals surface area contributed by atoms with E-state index in [0.717, 1.165) is 26.2 Å². The number of halogens is 1. The number of nitrogens with zero attached hydrogens (tertiary/aromatic N) is 4. The number of benzene rings is 1. The van der Waals surface area contributed by atoms with Crippen LogP contribution in [-0.2, 0) is 0 Å². The van der Waals surface area contributed by atoms with Crippen LogP contribution < -0.4 is 4.80 Å². The summed E-state index contributed by atoms with van der Waals surface area (Å²) in [6.07, 6.45) is 5.25. The van der Waals surface area contributed by atoms with Crippen LogP contribution in [0.4, 0.5) is 0 Å². The van der Waals surface area contributed by atoms with Gasteiger partial charge in [-0.3, -0.25) is 9.98 Å². The average Bonchev–Trinajstić information content (AvgIpc) is 3.02. The van der Waals surface area contributed by atoms with Crippen molar-refractivity contribution >= 4 is 33.5 Å². The fourth-order valence-corrected chi connectivity index (χ4v) is 3.41. The highest BCUT2D eigenvalue weighted by Crippen LogP contribution is 2.28. The van der Waals surface area contributed by atoms with E-state index in [1.165, 1.54) is 0 Å². The highest BCUT2D eigenvalue weighted by Gasteiger charge is 2.10. The van der Waals surface area contributed by atoms with Crippen LogP contribution in [0.2, 0.25) is 0 Å². The first-order valence-electron chi connectivity index (χ1n) is 7.32. The fourth-order valence-electron chi connectivity index (χ4n) is 2.09. The second-order valence-electron chi connectivity index (χ2n) is 4.82. The van der Waals surface area contributed by atoms with Gasteiger partial charge in [-0.2, -0.15) is 5.10 Å². The lowest BCUT2D eigenvalue weighted by atomic mass is 10.2. The predicted molar refractivity (Wildman–Crippen MR) is 103 cm³/mol. The van der Waals surface area contributed by atoms with Gasteiger partial charge in [0.2, 0.25) is 4.80 Å². The van der Waals surface area contributed by atoms with Crippen LogP contribution in [0, 0.1) is 0 Å². The Morgan fingerprint density at radius 3 is 2.79 bits per heavy atom. The van der Waals surface area contributed by atoms with Gasteiger partial charge in [-0.05, 0) is 18.2 Å². The van der Waals surface area contributed by atoms with E-state index in [0.29, 0.717) is 6.54 Å². The Bertz CT molecular complexity index is 925. The smallest absolute Gasteiger partial charge is 0.206 e. The van der Waals surface area contributed by atoms with Gasteiger partial charge in [0, 0.05) is 21.6 Å². The summed E-state index contributed by atoms with van der Waals surface area (Å²) in [7, 11) is 0. The quantitative estimate of drug-likeness (QED) is 0.465. The molecule has 0 amide bonds. The van der Waals surface area contributed by atoms with E-state index in [1.807, 2.05) is 41.1 Å². The Morgan fingerprint density at radius 2 is 2.04 bits per heavy atom. The number of pyridine rings is 1. The van der Waals surface area contributed by atoms with Crippen LogP contribution in [-0.4, -0.2) is 22.4 Å². The van der Waals surface area contributed by atoms with E-state index >= 15 is 0 Å². The van der Waals surface area contributed by atoms with Crippen LogP contribution in [0.1, 0.15) is 5.69 Å². The Morgan fingerprint density at radius 1 is 1.21 bits per heavy atom. The molecule has 0 aliphatic heterocycles. The predicted octanol–water partition coefficient (Wildman–Crippen LogP) is 4.34. The second kappa shape index (κ2) is 7.99. The Labute approximate surface area is 152 Å². The summed E-state index contributed by atoms with van der Waals surface area (Å²) >= 11 is 5.15. The van der Waals surface area contributed by atoms with Crippen molar-refractivity contribution in [2.24, 2.45) is 10.1 Å². The molecule has 0 atom stereocenters. The first-order valence-corrected chi connectivity index (χ1v) is 8.99. The molecule has 6 heteroatoms. The molecule has 0 bridgehead atoms. The van der Waals surface area contributed by atoms with E-state index in [2.05, 4.69) is 49.0 Å². The minimum Gasteiger partial charge on any atom is -0.255 e. The fraction of sp³-hybridized carbons (Fsp3) is 0.0556. The van der Waals surface area contributed by atoms with Gasteiger partial charge < -0.3 is 0 Å². The topological polar surface area (TPSA) is 42.5 Å². The summed E-state index contributed by atoms with van der Waals surface area (Å²) in [6, 6.07) is 13.8. The third-order valence-corrected chi connectivity index (χ3v) is 4.73. The molecular weight excluding hydrogens is 384 g/mol. The SMILES string of the molecule is C=CCN=c1scc(-c2ccccc2Br)n1/N=C/c1ccccn1. The molecule has 0 aliphatic carbocycles. The van der Waals surface area contributed by atoms with Crippen molar-refractivity contribution in [2.45, 2.75) is 0 Å². The molecule has 0 saturated heterocycles. The van der Waals surface area contributed by atoms with Crippen molar-refractivity contribution in [3.8, 4) is 11.3 Å². The van der Waals surface area contributed by atoms with Crippen molar-refractivity contribution < 1.29 is 0 Å². The third-order valence-electron chi connectivity index (χ3n) is 3.18. The lowest BCUT2D eigenvalue weighted by molar-refractivity contribution is 0.839. The van der Waals surface area contributed by atoms with Crippen LogP contribution in [0.25, 0.3) is 11.3 Å². The zero-order valence-corrected chi connectivity index (χ0v) is 15.2. The lowest BCUT2D eigenvalue weighted by Crippen LogP contribution is -2.12. The molecule has 0 fully saturated rings. The number of rotatable bonds is 5. The third kappa shape index (κ3) is 3.77. The van der Waals surface area contributed by atoms with Crippen molar-refractivity contribution in [1.29, 1.82) is 0 Å². The molecule has 0 saturated carbocycles. The molecule has 3 rings (SSSR count). The van der Waals surface area contributed by atoms with Crippen LogP contribution >= 0.6 is 27.3 Å². The summed E-state index contributed by atoms with van der Waals surface area (Å²) in [6.45, 7) is 4.27. The largest absolute Gasteiger partial charge is 0.255 e. The monoisotopic (exact) mass is 398 g/mol. The zero-order valence-electron chi connectivity index (χ0n) is 12.8. The number of hydrogen-bond acceptors (Lipinski definition) is 4. The molecule has 0 unspecified atom stereocenters. The summed E-state index contributed by atoms with van der Waals surface area (Å²) in [5.74, 6) is 0. The minimum atomic E-state index is 0.551. The highest BCUT2D eigenvalue weighted by atomic mass is 79.9. The van der Waals surface area contributed by atoms with Crippen molar-refractivity contribution in [2.75, 3.05) is 6.54 Å². The van der Waals surface area contributed by atoms with E-state index in [1.54, 1.807) is 29.8 Å². The molecule has 0 N–H and O–H groups in total. The normalized spacial score (nSPS) is 12.0. The van der Waals surface area contributed by atoms with Crippen LogP contribution in [0.5, 0.6) is 0 Å². The molecule has 120 valence electrons. The average molecular weight is 399 g/mol. The second-order valence-corrected chi connectivity index (χ2v) is 6.51. The lowest BCUT2D eigenvalue weighted by Gasteiger charge is -2.05. The maximum atomic E-state index is 4.60. The first-order chi connectivity index (χ1) is 11.8. The molecule has 4 nitrogen and oxygen atoms in total. The molecular formula is C18H15BrN4S. The summed E-state index contributed by atoms with van der Waals surface area (Å²) < 4.78 is 2.85. The molecule has 0 aliphatic rings. The van der Waals surface area contributed by atoms with Gasteiger partial charge in [-0.15, -0.1) is 17.9 Å².